The van der Waals surface area contributed by atoms with E-state index in [1.807, 2.05) is 19.9 Å². The van der Waals surface area contributed by atoms with E-state index in [0.717, 1.165) is 31.3 Å². The van der Waals surface area contributed by atoms with Gasteiger partial charge >= 0.3 is 5.97 Å². The van der Waals surface area contributed by atoms with Crippen LogP contribution in [0.4, 0.5) is 0 Å². The molecule has 6 aliphatic rings. The van der Waals surface area contributed by atoms with Crippen molar-refractivity contribution >= 4 is 11.8 Å². The summed E-state index contributed by atoms with van der Waals surface area (Å²) in [6.07, 6.45) is -0.778. The van der Waals surface area contributed by atoms with Gasteiger partial charge in [-0.25, -0.2) is 4.79 Å². The Bertz CT molecular complexity index is 1260. The summed E-state index contributed by atoms with van der Waals surface area (Å²) in [4.78, 5) is 26.6. The summed E-state index contributed by atoms with van der Waals surface area (Å²) >= 11 is 0. The van der Waals surface area contributed by atoms with Crippen LogP contribution in [-0.4, -0.2) is 104 Å². The maximum Gasteiger partial charge on any atom is 0.336 e. The van der Waals surface area contributed by atoms with E-state index in [4.69, 9.17) is 14.2 Å². The number of esters is 1. The van der Waals surface area contributed by atoms with Gasteiger partial charge in [-0.2, -0.15) is 0 Å². The molecule has 4 aliphatic carbocycles. The molecule has 0 spiro atoms. The third-order valence-corrected chi connectivity index (χ3v) is 13.1. The van der Waals surface area contributed by atoms with Crippen molar-refractivity contribution in [3.63, 3.8) is 0 Å². The number of hydrogen-bond acceptors (Lipinski definition) is 11. The SMILES string of the molecule is CC1=C(CO)C(=O)OC(C)(C(C)C2CCC3C4CC=C5CC(OC6OC(CO)C(O)C(O)C6O)CC(=O)C5(O)C4CCC32C)C1. The van der Waals surface area contributed by atoms with E-state index in [1.54, 1.807) is 0 Å². The van der Waals surface area contributed by atoms with Crippen molar-refractivity contribution < 1.29 is 54.4 Å². The highest BCUT2D eigenvalue weighted by molar-refractivity contribution is 5.93. The van der Waals surface area contributed by atoms with E-state index in [0.29, 0.717) is 35.8 Å². The van der Waals surface area contributed by atoms with Crippen molar-refractivity contribution in [3.8, 4) is 0 Å². The van der Waals surface area contributed by atoms with Gasteiger partial charge in [0.15, 0.2) is 12.1 Å². The van der Waals surface area contributed by atoms with Crippen LogP contribution in [-0.2, 0) is 23.8 Å². The largest absolute Gasteiger partial charge is 0.455 e. The molecular weight excluding hydrogens is 584 g/mol. The van der Waals surface area contributed by atoms with Gasteiger partial charge in [0, 0.05) is 18.8 Å². The second kappa shape index (κ2) is 11.8. The number of Topliss-reactive ketones (excluding diaryl/α,β-unsaturated/α-hetero) is 1. The molecular formula is C34H50O11. The maximum absolute atomic E-state index is 13.8. The molecule has 0 amide bonds. The van der Waals surface area contributed by atoms with E-state index < -0.39 is 60.6 Å². The van der Waals surface area contributed by atoms with E-state index in [2.05, 4.69) is 13.8 Å². The van der Waals surface area contributed by atoms with E-state index >= 15 is 0 Å². The van der Waals surface area contributed by atoms with E-state index in [-0.39, 0.29) is 48.4 Å². The third-order valence-electron chi connectivity index (χ3n) is 13.1. The fourth-order valence-electron chi connectivity index (χ4n) is 10.4. The predicted molar refractivity (Wildman–Crippen MR) is 159 cm³/mol. The number of ether oxygens (including phenoxy) is 3. The zero-order valence-electron chi connectivity index (χ0n) is 26.7. The average Bonchev–Trinajstić information content (AvgIpc) is 3.34. The quantitative estimate of drug-likeness (QED) is 0.183. The van der Waals surface area contributed by atoms with Gasteiger partial charge in [0.25, 0.3) is 0 Å². The Morgan fingerprint density at radius 1 is 1.02 bits per heavy atom. The maximum atomic E-state index is 13.8. The molecule has 11 heteroatoms. The van der Waals surface area contributed by atoms with Gasteiger partial charge in [-0.1, -0.05) is 25.5 Å². The first-order valence-electron chi connectivity index (χ1n) is 16.6. The molecule has 14 atom stereocenters. The molecule has 14 unspecified atom stereocenters. The highest BCUT2D eigenvalue weighted by Crippen LogP contribution is 2.66. The molecule has 0 radical (unpaired) electrons. The first kappa shape index (κ1) is 33.2. The van der Waals surface area contributed by atoms with Crippen molar-refractivity contribution in [1.29, 1.82) is 0 Å². The van der Waals surface area contributed by atoms with Crippen molar-refractivity contribution in [1.82, 2.24) is 0 Å². The smallest absolute Gasteiger partial charge is 0.336 e. The molecule has 2 heterocycles. The van der Waals surface area contributed by atoms with Crippen LogP contribution in [0.2, 0.25) is 0 Å². The van der Waals surface area contributed by atoms with Gasteiger partial charge in [-0.3, -0.25) is 4.79 Å². The Hall–Kier alpha value is -1.70. The number of hydrogen-bond donors (Lipinski definition) is 6. The molecule has 6 N–H and O–H groups in total. The second-order valence-electron chi connectivity index (χ2n) is 15.2. The molecule has 0 bridgehead atoms. The van der Waals surface area contributed by atoms with Crippen LogP contribution in [0, 0.1) is 35.0 Å². The highest BCUT2D eigenvalue weighted by Gasteiger charge is 2.64. The molecule has 0 aromatic rings. The molecule has 252 valence electrons. The fourth-order valence-corrected chi connectivity index (χ4v) is 10.4. The first-order chi connectivity index (χ1) is 21.2. The number of carbonyl (C=O) groups excluding carboxylic acids is 2. The van der Waals surface area contributed by atoms with Gasteiger partial charge in [-0.05, 0) is 87.0 Å². The minimum Gasteiger partial charge on any atom is -0.455 e. The second-order valence-corrected chi connectivity index (χ2v) is 15.2. The zero-order valence-corrected chi connectivity index (χ0v) is 26.7. The molecule has 4 fully saturated rings. The summed E-state index contributed by atoms with van der Waals surface area (Å²) in [5, 5.41) is 62.1. The summed E-state index contributed by atoms with van der Waals surface area (Å²) in [6, 6.07) is 0. The van der Waals surface area contributed by atoms with E-state index in [1.165, 1.54) is 0 Å². The van der Waals surface area contributed by atoms with E-state index in [9.17, 15) is 40.2 Å². The normalized spacial score (nSPS) is 49.1. The number of ketones is 1. The lowest BCUT2D eigenvalue weighted by Crippen LogP contribution is -2.62. The summed E-state index contributed by atoms with van der Waals surface area (Å²) < 4.78 is 17.5. The number of aliphatic hydroxyl groups excluding tert-OH is 5. The standard InChI is InChI=1S/C34H50O11/c1-16-13-33(4,45-30(41)21(16)14-35)17(2)22-7-8-23-20-6-5-18-11-19(43-31-29(40)28(39)27(38)25(15-36)44-31)12-26(37)34(18,42)24(20)9-10-32(22,23)3/h5,17,19-20,22-25,27-29,31,35-36,38-40,42H,6-15H2,1-4H3. The Morgan fingerprint density at radius 3 is 2.42 bits per heavy atom. The minimum absolute atomic E-state index is 0.0426. The molecule has 6 rings (SSSR count). The average molecular weight is 635 g/mol. The fraction of sp³-hybridized carbons (Fsp3) is 0.824. The number of allylic oxidation sites excluding steroid dienone is 1. The topological polar surface area (TPSA) is 183 Å². The molecule has 11 nitrogen and oxygen atoms in total. The molecule has 0 aromatic heterocycles. The molecule has 2 aliphatic heterocycles. The van der Waals surface area contributed by atoms with Crippen LogP contribution < -0.4 is 0 Å². The molecule has 1 saturated heterocycles. The van der Waals surface area contributed by atoms with Crippen molar-refractivity contribution in [2.75, 3.05) is 13.2 Å². The van der Waals surface area contributed by atoms with Crippen LogP contribution in [0.5, 0.6) is 0 Å². The first-order valence-corrected chi connectivity index (χ1v) is 16.6. The molecule has 0 aromatic carbocycles. The van der Waals surface area contributed by atoms with Crippen LogP contribution in [0.25, 0.3) is 0 Å². The van der Waals surface area contributed by atoms with Gasteiger partial charge < -0.3 is 44.8 Å². The van der Waals surface area contributed by atoms with Crippen molar-refractivity contribution in [2.24, 2.45) is 35.0 Å². The summed E-state index contributed by atoms with van der Waals surface area (Å²) in [7, 11) is 0. The summed E-state index contributed by atoms with van der Waals surface area (Å²) in [5.41, 5.74) is -0.443. The van der Waals surface area contributed by atoms with Crippen LogP contribution in [0.15, 0.2) is 22.8 Å². The molecule has 3 saturated carbocycles. The summed E-state index contributed by atoms with van der Waals surface area (Å²) in [6.45, 7) is 7.54. The Morgan fingerprint density at radius 2 is 1.76 bits per heavy atom. The lowest BCUT2D eigenvalue weighted by molar-refractivity contribution is -0.312. The lowest BCUT2D eigenvalue weighted by Gasteiger charge is -2.57. The number of aliphatic hydroxyl groups is 6. The third kappa shape index (κ3) is 5.08. The van der Waals surface area contributed by atoms with Crippen LogP contribution >= 0.6 is 0 Å². The van der Waals surface area contributed by atoms with Crippen LogP contribution in [0.3, 0.4) is 0 Å². The summed E-state index contributed by atoms with van der Waals surface area (Å²) in [5.74, 6) is -0.165. The van der Waals surface area contributed by atoms with Crippen molar-refractivity contribution in [3.05, 3.63) is 22.8 Å². The highest BCUT2D eigenvalue weighted by atomic mass is 16.7. The number of rotatable bonds is 6. The number of carbonyl (C=O) groups is 2. The van der Waals surface area contributed by atoms with Crippen molar-refractivity contribution in [2.45, 2.75) is 127 Å². The minimum atomic E-state index is -1.59. The monoisotopic (exact) mass is 634 g/mol. The zero-order chi connectivity index (χ0) is 32.6. The van der Waals surface area contributed by atoms with Gasteiger partial charge in [0.1, 0.15) is 35.6 Å². The van der Waals surface area contributed by atoms with Gasteiger partial charge in [0.2, 0.25) is 0 Å². The molecule has 45 heavy (non-hydrogen) atoms. The van der Waals surface area contributed by atoms with Gasteiger partial charge in [-0.15, -0.1) is 0 Å². The Balaban J connectivity index is 1.18. The Kier molecular flexibility index (Phi) is 8.69. The Labute approximate surface area is 264 Å². The van der Waals surface area contributed by atoms with Gasteiger partial charge in [0.05, 0.1) is 24.9 Å². The predicted octanol–water partition coefficient (Wildman–Crippen LogP) is 1.30. The number of fused-ring (bicyclic) bond motifs is 5. The lowest BCUT2D eigenvalue weighted by atomic mass is 9.49. The van der Waals surface area contributed by atoms with Crippen LogP contribution in [0.1, 0.15) is 79.1 Å². The number of cyclic esters (lactones) is 1.